The van der Waals surface area contributed by atoms with E-state index in [1.165, 1.54) is 6.20 Å². The number of benzene rings is 1. The molecule has 3 N–H and O–H groups in total. The lowest BCUT2D eigenvalue weighted by molar-refractivity contribution is -0.159. The summed E-state index contributed by atoms with van der Waals surface area (Å²) in [4.78, 5) is 30.8. The average Bonchev–Trinajstić information content (AvgIpc) is 3.33. The second-order valence-corrected chi connectivity index (χ2v) is 9.86. The van der Waals surface area contributed by atoms with E-state index in [0.29, 0.717) is 31.7 Å². The molecule has 2 aromatic rings. The molecule has 1 amide bonds. The maximum Gasteiger partial charge on any atom is 0.329 e. The summed E-state index contributed by atoms with van der Waals surface area (Å²) in [6, 6.07) is 7.65. The van der Waals surface area contributed by atoms with E-state index in [1.807, 2.05) is 24.3 Å². The number of hydrogen-bond acceptors (Lipinski definition) is 6. The molecule has 9 heteroatoms. The number of anilines is 1. The van der Waals surface area contributed by atoms with Crippen molar-refractivity contribution >= 4 is 23.1 Å². The van der Waals surface area contributed by atoms with Gasteiger partial charge in [0.25, 0.3) is 5.91 Å². The van der Waals surface area contributed by atoms with E-state index < -0.39 is 24.1 Å². The van der Waals surface area contributed by atoms with Gasteiger partial charge in [0.15, 0.2) is 5.82 Å². The number of hydrogen-bond donors (Lipinski definition) is 3. The summed E-state index contributed by atoms with van der Waals surface area (Å²) in [5, 5.41) is 21.2. The van der Waals surface area contributed by atoms with Gasteiger partial charge < -0.3 is 24.9 Å². The van der Waals surface area contributed by atoms with Gasteiger partial charge in [0.05, 0.1) is 11.8 Å². The molecular formula is C26H30N4O5. The lowest BCUT2D eigenvalue weighted by Crippen LogP contribution is -2.38. The van der Waals surface area contributed by atoms with Gasteiger partial charge in [0.2, 0.25) is 0 Å². The third-order valence-electron chi connectivity index (χ3n) is 6.80. The fraction of sp³-hybridized carbons (Fsp3) is 0.462. The molecule has 1 aliphatic heterocycles. The van der Waals surface area contributed by atoms with Crippen molar-refractivity contribution in [2.45, 2.75) is 51.6 Å². The summed E-state index contributed by atoms with van der Waals surface area (Å²) in [7, 11) is 0. The highest BCUT2D eigenvalue weighted by molar-refractivity contribution is 6.03. The fourth-order valence-electron chi connectivity index (χ4n) is 4.62. The van der Waals surface area contributed by atoms with Crippen molar-refractivity contribution in [3.05, 3.63) is 53.1 Å². The molecule has 184 valence electrons. The Hall–Kier alpha value is -3.48. The second-order valence-electron chi connectivity index (χ2n) is 9.86. The first-order valence-electron chi connectivity index (χ1n) is 11.8. The third kappa shape index (κ3) is 5.61. The monoisotopic (exact) mass is 478 g/mol. The zero-order valence-corrected chi connectivity index (χ0v) is 20.0. The summed E-state index contributed by atoms with van der Waals surface area (Å²) in [6.45, 7) is 5.03. The zero-order valence-electron chi connectivity index (χ0n) is 20.0. The molecule has 0 unspecified atom stereocenters. The Labute approximate surface area is 204 Å². The maximum absolute atomic E-state index is 12.9. The second kappa shape index (κ2) is 10.0. The van der Waals surface area contributed by atoms with Crippen molar-refractivity contribution in [1.82, 2.24) is 9.97 Å². The minimum absolute atomic E-state index is 0.0565. The lowest BCUT2D eigenvalue weighted by Gasteiger charge is -2.38. The Bertz CT molecular complexity index is 1180. The number of allylic oxidation sites excluding steroid dienone is 2. The van der Waals surface area contributed by atoms with Crippen molar-refractivity contribution in [2.24, 2.45) is 5.41 Å². The zero-order chi connectivity index (χ0) is 25.1. The van der Waals surface area contributed by atoms with Crippen LogP contribution in [0.5, 0.6) is 0 Å². The number of rotatable bonds is 7. The fourth-order valence-corrected chi connectivity index (χ4v) is 4.62. The van der Waals surface area contributed by atoms with Crippen molar-refractivity contribution in [3.8, 4) is 6.07 Å². The number of nitrogens with zero attached hydrogens (tertiary/aromatic N) is 2. The van der Waals surface area contributed by atoms with E-state index in [0.717, 1.165) is 36.0 Å². The van der Waals surface area contributed by atoms with Gasteiger partial charge in [-0.2, -0.15) is 5.26 Å². The molecule has 0 radical (unpaired) electrons. The quantitative estimate of drug-likeness (QED) is 0.541. The molecule has 1 aromatic carbocycles. The molecule has 0 saturated carbocycles. The number of carbonyl (C=O) groups is 2. The summed E-state index contributed by atoms with van der Waals surface area (Å²) in [5.74, 6) is -1.41. The molecule has 0 atom stereocenters. The van der Waals surface area contributed by atoms with Crippen LogP contribution in [0.25, 0.3) is 5.57 Å². The first-order valence-corrected chi connectivity index (χ1v) is 11.8. The van der Waals surface area contributed by atoms with Crippen LogP contribution in [-0.2, 0) is 19.9 Å². The molecule has 35 heavy (non-hydrogen) atoms. The van der Waals surface area contributed by atoms with Gasteiger partial charge in [0, 0.05) is 37.3 Å². The topological polar surface area (TPSA) is 137 Å². The molecule has 1 aromatic heterocycles. The maximum atomic E-state index is 12.9. The normalized spacial score (nSPS) is 18.8. The number of imidazole rings is 1. The van der Waals surface area contributed by atoms with Gasteiger partial charge in [-0.05, 0) is 47.9 Å². The van der Waals surface area contributed by atoms with Gasteiger partial charge in [-0.1, -0.05) is 26.0 Å². The van der Waals surface area contributed by atoms with E-state index in [-0.39, 0.29) is 16.9 Å². The summed E-state index contributed by atoms with van der Waals surface area (Å²) in [6.07, 6.45) is 7.40. The van der Waals surface area contributed by atoms with Crippen LogP contribution in [-0.4, -0.2) is 46.8 Å². The van der Waals surface area contributed by atoms with Crippen LogP contribution in [0.4, 0.5) is 5.69 Å². The number of nitrogens with one attached hydrogen (secondary N) is 2. The van der Waals surface area contributed by atoms with Crippen LogP contribution < -0.4 is 5.32 Å². The Morgan fingerprint density at radius 3 is 2.69 bits per heavy atom. The standard InChI is InChI=1S/C26H30N4O5/c1-25(2)7-5-17(6-8-25)20-13-18(26(35-16-22(31)32)9-11-34-12-10-26)3-4-21(20)30-24(33)23-28-15-19(14-27)29-23/h3-5,13,15H,6-12,16H2,1-2H3,(H,28,29)(H,30,33)(H,31,32). The number of aliphatic carboxylic acids is 1. The van der Waals surface area contributed by atoms with E-state index in [2.05, 4.69) is 35.2 Å². The van der Waals surface area contributed by atoms with E-state index in [9.17, 15) is 14.7 Å². The van der Waals surface area contributed by atoms with Crippen molar-refractivity contribution in [3.63, 3.8) is 0 Å². The molecule has 0 bridgehead atoms. The number of aromatic amines is 1. The van der Waals surface area contributed by atoms with Crippen LogP contribution in [0.1, 0.15) is 73.4 Å². The van der Waals surface area contributed by atoms with E-state index in [4.69, 9.17) is 14.7 Å². The van der Waals surface area contributed by atoms with Crippen LogP contribution in [0.3, 0.4) is 0 Å². The smallest absolute Gasteiger partial charge is 0.329 e. The molecule has 2 aliphatic rings. The Morgan fingerprint density at radius 2 is 2.06 bits per heavy atom. The number of ether oxygens (including phenoxy) is 2. The number of nitriles is 1. The predicted octanol–water partition coefficient (Wildman–Crippen LogP) is 4.23. The first kappa shape index (κ1) is 24.6. The summed E-state index contributed by atoms with van der Waals surface area (Å²) in [5.41, 5.74) is 3.14. The number of carbonyl (C=O) groups excluding carboxylic acids is 1. The number of aromatic nitrogens is 2. The molecule has 9 nitrogen and oxygen atoms in total. The van der Waals surface area contributed by atoms with Gasteiger partial charge in [0.1, 0.15) is 18.4 Å². The molecule has 4 rings (SSSR count). The highest BCUT2D eigenvalue weighted by Gasteiger charge is 2.37. The van der Waals surface area contributed by atoms with Crippen LogP contribution in [0, 0.1) is 16.7 Å². The van der Waals surface area contributed by atoms with Gasteiger partial charge >= 0.3 is 5.97 Å². The number of amides is 1. The van der Waals surface area contributed by atoms with Crippen LogP contribution >= 0.6 is 0 Å². The van der Waals surface area contributed by atoms with Crippen LogP contribution in [0.15, 0.2) is 30.5 Å². The Morgan fingerprint density at radius 1 is 1.29 bits per heavy atom. The molecule has 1 saturated heterocycles. The lowest BCUT2D eigenvalue weighted by atomic mass is 9.76. The van der Waals surface area contributed by atoms with E-state index >= 15 is 0 Å². The highest BCUT2D eigenvalue weighted by Crippen LogP contribution is 2.43. The van der Waals surface area contributed by atoms with E-state index in [1.54, 1.807) is 0 Å². The molecule has 1 aliphatic carbocycles. The van der Waals surface area contributed by atoms with Crippen molar-refractivity contribution in [2.75, 3.05) is 25.1 Å². The largest absolute Gasteiger partial charge is 0.480 e. The molecular weight excluding hydrogens is 448 g/mol. The SMILES string of the molecule is CC1(C)CC=C(c2cc(C3(OCC(=O)O)CCOCC3)ccc2NC(=O)c2ncc(C#N)[nH]2)CC1. The Balaban J connectivity index is 1.72. The minimum atomic E-state index is -1.02. The Kier molecular flexibility index (Phi) is 7.05. The predicted molar refractivity (Wildman–Crippen MR) is 129 cm³/mol. The number of carboxylic acids is 1. The number of H-pyrrole nitrogens is 1. The number of carboxylic acid groups (broad SMARTS) is 1. The molecule has 2 heterocycles. The van der Waals surface area contributed by atoms with Crippen molar-refractivity contribution < 1.29 is 24.2 Å². The van der Waals surface area contributed by atoms with Gasteiger partial charge in [-0.25, -0.2) is 9.78 Å². The molecule has 1 fully saturated rings. The third-order valence-corrected chi connectivity index (χ3v) is 6.80. The summed E-state index contributed by atoms with van der Waals surface area (Å²) >= 11 is 0. The average molecular weight is 479 g/mol. The van der Waals surface area contributed by atoms with Crippen molar-refractivity contribution in [1.29, 1.82) is 5.26 Å². The minimum Gasteiger partial charge on any atom is -0.480 e. The molecule has 0 spiro atoms. The highest BCUT2D eigenvalue weighted by atomic mass is 16.5. The van der Waals surface area contributed by atoms with Gasteiger partial charge in [-0.3, -0.25) is 4.79 Å². The van der Waals surface area contributed by atoms with Gasteiger partial charge in [-0.15, -0.1) is 0 Å². The summed E-state index contributed by atoms with van der Waals surface area (Å²) < 4.78 is 11.5. The first-order chi connectivity index (χ1) is 16.7. The van der Waals surface area contributed by atoms with Crippen LogP contribution in [0.2, 0.25) is 0 Å².